The first-order chi connectivity index (χ1) is 9.88. The molecule has 1 heterocycles. The Hall–Kier alpha value is -0.860. The molecule has 0 radical (unpaired) electrons. The number of rotatable bonds is 4. The number of nitrogens with one attached hydrogen (secondary N) is 1. The van der Waals surface area contributed by atoms with E-state index in [0.29, 0.717) is 23.4 Å². The molecule has 1 fully saturated rings. The number of piperazine rings is 1. The van der Waals surface area contributed by atoms with Crippen molar-refractivity contribution < 1.29 is 0 Å². The fourth-order valence-corrected chi connectivity index (χ4v) is 3.30. The van der Waals surface area contributed by atoms with Crippen LogP contribution in [0.3, 0.4) is 0 Å². The monoisotopic (exact) mass is 288 g/mol. The second kappa shape index (κ2) is 6.93. The van der Waals surface area contributed by atoms with E-state index in [9.17, 15) is 0 Å². The number of nitrogens with zero attached hydrogens (tertiary/aromatic N) is 1. The Morgan fingerprint density at radius 2 is 1.86 bits per heavy atom. The molecule has 2 nitrogen and oxygen atoms in total. The van der Waals surface area contributed by atoms with Crippen molar-refractivity contribution in [3.63, 3.8) is 0 Å². The molecule has 2 heteroatoms. The van der Waals surface area contributed by atoms with Gasteiger partial charge in [0.25, 0.3) is 0 Å². The molecule has 1 aliphatic heterocycles. The van der Waals surface area contributed by atoms with Gasteiger partial charge in [0, 0.05) is 31.7 Å². The summed E-state index contributed by atoms with van der Waals surface area (Å²) in [5, 5.41) is 3.76. The maximum atomic E-state index is 3.76. The molecule has 2 unspecified atom stereocenters. The molecule has 118 valence electrons. The lowest BCUT2D eigenvalue weighted by molar-refractivity contribution is 0.0471. The van der Waals surface area contributed by atoms with E-state index in [4.69, 9.17) is 0 Å². The van der Waals surface area contributed by atoms with Crippen LogP contribution in [0.5, 0.6) is 0 Å². The molecule has 2 rings (SSSR count). The Balaban J connectivity index is 2.02. The number of benzene rings is 1. The molecule has 0 aliphatic carbocycles. The third-order valence-electron chi connectivity index (χ3n) is 4.78. The highest BCUT2D eigenvalue weighted by Crippen LogP contribution is 2.27. The molecule has 0 aromatic heterocycles. The van der Waals surface area contributed by atoms with Gasteiger partial charge in [-0.2, -0.15) is 0 Å². The van der Waals surface area contributed by atoms with Gasteiger partial charge in [0.1, 0.15) is 0 Å². The molecular formula is C19H32N2. The van der Waals surface area contributed by atoms with Crippen molar-refractivity contribution in [2.24, 2.45) is 11.3 Å². The van der Waals surface area contributed by atoms with Crippen molar-refractivity contribution in [1.29, 1.82) is 0 Å². The van der Waals surface area contributed by atoms with Gasteiger partial charge in [-0.05, 0) is 23.3 Å². The van der Waals surface area contributed by atoms with E-state index < -0.39 is 0 Å². The highest BCUT2D eigenvalue weighted by Gasteiger charge is 2.35. The second-order valence-electron chi connectivity index (χ2n) is 7.87. The summed E-state index contributed by atoms with van der Waals surface area (Å²) in [7, 11) is 0. The van der Waals surface area contributed by atoms with Crippen LogP contribution in [-0.2, 0) is 6.42 Å². The van der Waals surface area contributed by atoms with Crippen LogP contribution < -0.4 is 5.32 Å². The molecule has 1 aromatic carbocycles. The van der Waals surface area contributed by atoms with Gasteiger partial charge in [0.05, 0.1) is 0 Å². The van der Waals surface area contributed by atoms with Gasteiger partial charge in [-0.3, -0.25) is 4.90 Å². The lowest BCUT2D eigenvalue weighted by atomic mass is 9.83. The first-order valence-corrected chi connectivity index (χ1v) is 8.39. The largest absolute Gasteiger partial charge is 0.311 e. The van der Waals surface area contributed by atoms with E-state index in [-0.39, 0.29) is 0 Å². The summed E-state index contributed by atoms with van der Waals surface area (Å²) >= 11 is 0. The smallest absolute Gasteiger partial charge is 0.0269 e. The van der Waals surface area contributed by atoms with E-state index in [0.717, 1.165) is 19.5 Å². The van der Waals surface area contributed by atoms with Gasteiger partial charge >= 0.3 is 0 Å². The summed E-state index contributed by atoms with van der Waals surface area (Å²) in [6.07, 6.45) is 1.15. The van der Waals surface area contributed by atoms with E-state index in [2.05, 4.69) is 75.2 Å². The third kappa shape index (κ3) is 4.55. The minimum Gasteiger partial charge on any atom is -0.311 e. The fourth-order valence-electron chi connectivity index (χ4n) is 3.30. The van der Waals surface area contributed by atoms with E-state index in [1.807, 2.05) is 0 Å². The molecule has 0 amide bonds. The van der Waals surface area contributed by atoms with Gasteiger partial charge in [0.15, 0.2) is 0 Å². The highest BCUT2D eigenvalue weighted by molar-refractivity contribution is 5.15. The fraction of sp³-hybridized carbons (Fsp3) is 0.684. The zero-order valence-corrected chi connectivity index (χ0v) is 14.4. The highest BCUT2D eigenvalue weighted by atomic mass is 15.2. The Labute approximate surface area is 130 Å². The van der Waals surface area contributed by atoms with Crippen LogP contribution in [0.15, 0.2) is 30.3 Å². The lowest BCUT2D eigenvalue weighted by Crippen LogP contribution is -2.62. The molecule has 1 N–H and O–H groups in total. The zero-order chi connectivity index (χ0) is 15.5. The zero-order valence-electron chi connectivity index (χ0n) is 14.4. The van der Waals surface area contributed by atoms with E-state index in [1.165, 1.54) is 12.1 Å². The van der Waals surface area contributed by atoms with Crippen LogP contribution in [-0.4, -0.2) is 36.6 Å². The Morgan fingerprint density at radius 3 is 2.43 bits per heavy atom. The van der Waals surface area contributed by atoms with Crippen molar-refractivity contribution >= 4 is 0 Å². The standard InChI is InChI=1S/C19H32N2/c1-15(2)17-14-21(18(13-20-17)19(3,4)5)12-11-16-9-7-6-8-10-16/h6-10,15,17-18,20H,11-14H2,1-5H3. The molecule has 1 aliphatic rings. The molecule has 0 bridgehead atoms. The molecule has 1 aromatic rings. The number of hydrogen-bond donors (Lipinski definition) is 1. The van der Waals surface area contributed by atoms with Crippen molar-refractivity contribution in [3.05, 3.63) is 35.9 Å². The predicted octanol–water partition coefficient (Wildman–Crippen LogP) is 3.57. The topological polar surface area (TPSA) is 15.3 Å². The first-order valence-electron chi connectivity index (χ1n) is 8.39. The van der Waals surface area contributed by atoms with Crippen LogP contribution >= 0.6 is 0 Å². The van der Waals surface area contributed by atoms with Crippen molar-refractivity contribution in [3.8, 4) is 0 Å². The van der Waals surface area contributed by atoms with E-state index >= 15 is 0 Å². The summed E-state index contributed by atoms with van der Waals surface area (Å²) < 4.78 is 0. The van der Waals surface area contributed by atoms with Gasteiger partial charge in [-0.15, -0.1) is 0 Å². The van der Waals surface area contributed by atoms with Gasteiger partial charge < -0.3 is 5.32 Å². The van der Waals surface area contributed by atoms with Crippen molar-refractivity contribution in [1.82, 2.24) is 10.2 Å². The molecular weight excluding hydrogens is 256 g/mol. The maximum absolute atomic E-state index is 3.76. The maximum Gasteiger partial charge on any atom is 0.0269 e. The van der Waals surface area contributed by atoms with Crippen LogP contribution in [0.25, 0.3) is 0 Å². The van der Waals surface area contributed by atoms with Gasteiger partial charge in [-0.25, -0.2) is 0 Å². The summed E-state index contributed by atoms with van der Waals surface area (Å²) in [6.45, 7) is 15.2. The number of hydrogen-bond acceptors (Lipinski definition) is 2. The van der Waals surface area contributed by atoms with Crippen LogP contribution in [0, 0.1) is 11.3 Å². The minimum atomic E-state index is 0.325. The molecule has 0 saturated carbocycles. The Morgan fingerprint density at radius 1 is 1.19 bits per heavy atom. The quantitative estimate of drug-likeness (QED) is 0.911. The van der Waals surface area contributed by atoms with Gasteiger partial charge in [0.2, 0.25) is 0 Å². The summed E-state index contributed by atoms with van der Waals surface area (Å²) in [5.41, 5.74) is 1.77. The predicted molar refractivity (Wildman–Crippen MR) is 91.6 cm³/mol. The lowest BCUT2D eigenvalue weighted by Gasteiger charge is -2.47. The van der Waals surface area contributed by atoms with Crippen LogP contribution in [0.1, 0.15) is 40.2 Å². The minimum absolute atomic E-state index is 0.325. The average molecular weight is 288 g/mol. The first kappa shape index (κ1) is 16.5. The van der Waals surface area contributed by atoms with Crippen LogP contribution in [0.4, 0.5) is 0 Å². The SMILES string of the molecule is CC(C)C1CN(CCc2ccccc2)C(C(C)(C)C)CN1. The third-order valence-corrected chi connectivity index (χ3v) is 4.78. The van der Waals surface area contributed by atoms with E-state index in [1.54, 1.807) is 0 Å². The molecule has 0 spiro atoms. The average Bonchev–Trinajstić information content (AvgIpc) is 2.45. The molecule has 1 saturated heterocycles. The Kier molecular flexibility index (Phi) is 5.45. The summed E-state index contributed by atoms with van der Waals surface area (Å²) in [5.74, 6) is 0.699. The normalized spacial score (nSPS) is 24.5. The van der Waals surface area contributed by atoms with Gasteiger partial charge in [-0.1, -0.05) is 65.0 Å². The summed E-state index contributed by atoms with van der Waals surface area (Å²) in [6, 6.07) is 12.1. The summed E-state index contributed by atoms with van der Waals surface area (Å²) in [4.78, 5) is 2.72. The Bertz CT molecular complexity index is 419. The molecule has 2 atom stereocenters. The molecule has 21 heavy (non-hydrogen) atoms. The van der Waals surface area contributed by atoms with Crippen molar-refractivity contribution in [2.45, 2.75) is 53.1 Å². The second-order valence-corrected chi connectivity index (χ2v) is 7.87. The van der Waals surface area contributed by atoms with Crippen LogP contribution in [0.2, 0.25) is 0 Å². The van der Waals surface area contributed by atoms with Crippen molar-refractivity contribution in [2.75, 3.05) is 19.6 Å².